The summed E-state index contributed by atoms with van der Waals surface area (Å²) < 4.78 is 6.31. The van der Waals surface area contributed by atoms with Gasteiger partial charge in [0.15, 0.2) is 0 Å². The normalized spacial score (nSPS) is 33.0. The Morgan fingerprint density at radius 3 is 2.67 bits per heavy atom. The van der Waals surface area contributed by atoms with E-state index in [1.165, 1.54) is 12.8 Å². The van der Waals surface area contributed by atoms with Gasteiger partial charge in [0.05, 0.1) is 11.7 Å². The zero-order valence-corrected chi connectivity index (χ0v) is 14.8. The maximum atomic E-state index is 12.6. The summed E-state index contributed by atoms with van der Waals surface area (Å²) in [5.74, 6) is 2.18. The van der Waals surface area contributed by atoms with Gasteiger partial charge in [-0.15, -0.1) is 0 Å². The number of nitrogens with zero attached hydrogens (tertiary/aromatic N) is 2. The molecule has 1 aromatic heterocycles. The number of rotatable bonds is 5. The molecule has 3 fully saturated rings. The Labute approximate surface area is 144 Å². The Hall–Kier alpha value is -1.33. The third kappa shape index (κ3) is 3.24. The maximum Gasteiger partial charge on any atom is 0.255 e. The molecular weight excluding hydrogens is 302 g/mol. The number of amides is 1. The third-order valence-electron chi connectivity index (χ3n) is 6.12. The van der Waals surface area contributed by atoms with E-state index in [0.29, 0.717) is 24.0 Å². The Morgan fingerprint density at radius 1 is 1.29 bits per heavy atom. The van der Waals surface area contributed by atoms with Crippen LogP contribution >= 0.6 is 0 Å². The van der Waals surface area contributed by atoms with Gasteiger partial charge in [0.1, 0.15) is 0 Å². The summed E-state index contributed by atoms with van der Waals surface area (Å²) in [7, 11) is 4.33. The molecule has 0 aromatic carbocycles. The fourth-order valence-electron chi connectivity index (χ4n) is 4.46. The highest BCUT2D eigenvalue weighted by Crippen LogP contribution is 2.40. The van der Waals surface area contributed by atoms with Gasteiger partial charge >= 0.3 is 0 Å². The molecule has 1 saturated heterocycles. The molecule has 24 heavy (non-hydrogen) atoms. The quantitative estimate of drug-likeness (QED) is 0.900. The van der Waals surface area contributed by atoms with Crippen LogP contribution in [0.4, 0.5) is 0 Å². The van der Waals surface area contributed by atoms with E-state index < -0.39 is 0 Å². The summed E-state index contributed by atoms with van der Waals surface area (Å²) in [5, 5.41) is 0. The molecule has 1 aromatic rings. The topological polar surface area (TPSA) is 48.6 Å². The van der Waals surface area contributed by atoms with Gasteiger partial charge in [-0.3, -0.25) is 4.79 Å². The number of ether oxygens (including phenoxy) is 1. The van der Waals surface area contributed by atoms with Crippen molar-refractivity contribution in [1.29, 1.82) is 0 Å². The number of H-pyrrole nitrogens is 1. The van der Waals surface area contributed by atoms with Crippen molar-refractivity contribution in [2.24, 2.45) is 17.8 Å². The van der Waals surface area contributed by atoms with E-state index in [1.54, 1.807) is 6.20 Å². The summed E-state index contributed by atoms with van der Waals surface area (Å²) in [5.41, 5.74) is 0.777. The van der Waals surface area contributed by atoms with E-state index >= 15 is 0 Å². The van der Waals surface area contributed by atoms with E-state index in [2.05, 4.69) is 28.9 Å². The highest BCUT2D eigenvalue weighted by molar-refractivity contribution is 5.94. The van der Waals surface area contributed by atoms with Gasteiger partial charge in [0.2, 0.25) is 0 Å². The predicted octanol–water partition coefficient (Wildman–Crippen LogP) is 2.22. The molecule has 5 nitrogen and oxygen atoms in total. The molecule has 2 heterocycles. The zero-order chi connectivity index (χ0) is 16.7. The van der Waals surface area contributed by atoms with Crippen LogP contribution in [0.5, 0.6) is 0 Å². The summed E-state index contributed by atoms with van der Waals surface area (Å²) in [4.78, 5) is 20.0. The summed E-state index contributed by atoms with van der Waals surface area (Å²) in [6.45, 7) is 2.71. The number of likely N-dealkylation sites (tertiary alicyclic amines) is 1. The second-order valence-corrected chi connectivity index (χ2v) is 8.15. The molecule has 1 aliphatic heterocycles. The van der Waals surface area contributed by atoms with Gasteiger partial charge in [-0.05, 0) is 63.6 Å². The fraction of sp³-hybridized carbons (Fsp3) is 0.737. The molecule has 1 N–H and O–H groups in total. The first-order chi connectivity index (χ1) is 11.6. The first-order valence-electron chi connectivity index (χ1n) is 9.32. The predicted molar refractivity (Wildman–Crippen MR) is 92.8 cm³/mol. The fourth-order valence-corrected chi connectivity index (χ4v) is 4.46. The van der Waals surface area contributed by atoms with Gasteiger partial charge in [0, 0.05) is 38.1 Å². The Kier molecular flexibility index (Phi) is 4.39. The van der Waals surface area contributed by atoms with E-state index in [0.717, 1.165) is 44.0 Å². The average Bonchev–Trinajstić information content (AvgIpc) is 3.08. The lowest BCUT2D eigenvalue weighted by Crippen LogP contribution is -2.48. The van der Waals surface area contributed by atoms with Crippen molar-refractivity contribution in [3.8, 4) is 0 Å². The molecule has 4 rings (SSSR count). The van der Waals surface area contributed by atoms with Crippen LogP contribution in [0.2, 0.25) is 0 Å². The van der Waals surface area contributed by atoms with Crippen molar-refractivity contribution in [3.63, 3.8) is 0 Å². The van der Waals surface area contributed by atoms with Crippen LogP contribution in [-0.2, 0) is 4.74 Å². The van der Waals surface area contributed by atoms with Gasteiger partial charge in [-0.25, -0.2) is 0 Å². The number of nitrogens with one attached hydrogen (secondary N) is 1. The van der Waals surface area contributed by atoms with Crippen LogP contribution in [0.15, 0.2) is 18.5 Å². The molecule has 132 valence electrons. The van der Waals surface area contributed by atoms with Crippen molar-refractivity contribution in [2.75, 3.05) is 33.8 Å². The Morgan fingerprint density at radius 2 is 2.04 bits per heavy atom. The highest BCUT2D eigenvalue weighted by Gasteiger charge is 2.45. The molecule has 0 radical (unpaired) electrons. The van der Waals surface area contributed by atoms with E-state index in [1.807, 2.05) is 12.3 Å². The number of aromatic nitrogens is 1. The van der Waals surface area contributed by atoms with E-state index in [-0.39, 0.29) is 5.91 Å². The number of hydrogen-bond donors (Lipinski definition) is 1. The van der Waals surface area contributed by atoms with Crippen molar-refractivity contribution < 1.29 is 9.53 Å². The first-order valence-corrected chi connectivity index (χ1v) is 9.32. The molecule has 3 aliphatic rings. The minimum Gasteiger partial charge on any atom is -0.376 e. The van der Waals surface area contributed by atoms with Crippen molar-refractivity contribution in [1.82, 2.24) is 14.8 Å². The molecule has 2 saturated carbocycles. The summed E-state index contributed by atoms with van der Waals surface area (Å²) in [6.07, 6.45) is 8.86. The highest BCUT2D eigenvalue weighted by atomic mass is 16.5. The van der Waals surface area contributed by atoms with Gasteiger partial charge in [0.25, 0.3) is 5.91 Å². The standard InChI is InChI=1S/C19H29N3O2/c1-21(2)17-7-15-10-22(19(23)14-5-6-20-9-14)11-16(15)8-18(17)24-12-13-3-4-13/h5-6,9,13,15-18,20H,3-4,7-8,10-12H2,1-2H3/t15-,16+,17-,18-/m1/s1. The lowest BCUT2D eigenvalue weighted by atomic mass is 9.77. The first kappa shape index (κ1) is 16.2. The molecule has 2 aliphatic carbocycles. The number of hydrogen-bond acceptors (Lipinski definition) is 3. The molecule has 0 unspecified atom stereocenters. The van der Waals surface area contributed by atoms with Crippen molar-refractivity contribution in [2.45, 2.75) is 37.8 Å². The number of carbonyl (C=O) groups is 1. The minimum absolute atomic E-state index is 0.169. The largest absolute Gasteiger partial charge is 0.376 e. The number of carbonyl (C=O) groups excluding carboxylic acids is 1. The van der Waals surface area contributed by atoms with Crippen LogP contribution in [-0.4, -0.2) is 66.6 Å². The molecule has 1 amide bonds. The van der Waals surface area contributed by atoms with Crippen molar-refractivity contribution >= 4 is 5.91 Å². The Balaban J connectivity index is 1.41. The van der Waals surface area contributed by atoms with Crippen LogP contribution in [0, 0.1) is 17.8 Å². The van der Waals surface area contributed by atoms with Crippen LogP contribution in [0.25, 0.3) is 0 Å². The van der Waals surface area contributed by atoms with Crippen LogP contribution in [0.1, 0.15) is 36.0 Å². The molecular formula is C19H29N3O2. The van der Waals surface area contributed by atoms with Gasteiger partial charge in [-0.2, -0.15) is 0 Å². The zero-order valence-electron chi connectivity index (χ0n) is 14.8. The van der Waals surface area contributed by atoms with Gasteiger partial charge in [-0.1, -0.05) is 0 Å². The second-order valence-electron chi connectivity index (χ2n) is 8.15. The monoisotopic (exact) mass is 331 g/mol. The lowest BCUT2D eigenvalue weighted by Gasteiger charge is -2.41. The van der Waals surface area contributed by atoms with Crippen molar-refractivity contribution in [3.05, 3.63) is 24.0 Å². The maximum absolute atomic E-state index is 12.6. The number of fused-ring (bicyclic) bond motifs is 1. The van der Waals surface area contributed by atoms with Crippen LogP contribution < -0.4 is 0 Å². The van der Waals surface area contributed by atoms with E-state index in [4.69, 9.17) is 4.74 Å². The van der Waals surface area contributed by atoms with Gasteiger partial charge < -0.3 is 19.5 Å². The Bertz CT molecular complexity index is 567. The molecule has 0 bridgehead atoms. The number of likely N-dealkylation sites (N-methyl/N-ethyl adjacent to an activating group) is 1. The second kappa shape index (κ2) is 6.52. The lowest BCUT2D eigenvalue weighted by molar-refractivity contribution is -0.0493. The smallest absolute Gasteiger partial charge is 0.255 e. The minimum atomic E-state index is 0.169. The number of aromatic amines is 1. The van der Waals surface area contributed by atoms with Crippen LogP contribution in [0.3, 0.4) is 0 Å². The molecule has 4 atom stereocenters. The van der Waals surface area contributed by atoms with E-state index in [9.17, 15) is 4.79 Å². The average molecular weight is 331 g/mol. The SMILES string of the molecule is CN(C)[C@@H]1C[C@@H]2CN(C(=O)c3cc[nH]c3)C[C@@H]2C[C@H]1OCC1CC1. The summed E-state index contributed by atoms with van der Waals surface area (Å²) in [6, 6.07) is 2.35. The molecule has 5 heteroatoms. The molecule has 0 spiro atoms. The summed E-state index contributed by atoms with van der Waals surface area (Å²) >= 11 is 0. The third-order valence-corrected chi connectivity index (χ3v) is 6.12.